The van der Waals surface area contributed by atoms with Crippen LogP contribution in [0.15, 0.2) is 0 Å². The summed E-state index contributed by atoms with van der Waals surface area (Å²) in [6, 6.07) is -1.33. The van der Waals surface area contributed by atoms with E-state index in [1.165, 1.54) is 0 Å². The molecule has 1 unspecified atom stereocenters. The Morgan fingerprint density at radius 3 is 2.37 bits per heavy atom. The van der Waals surface area contributed by atoms with Crippen molar-refractivity contribution in [3.8, 4) is 0 Å². The summed E-state index contributed by atoms with van der Waals surface area (Å²) in [5.41, 5.74) is 0. The van der Waals surface area contributed by atoms with Gasteiger partial charge in [-0.1, -0.05) is 0 Å². The Morgan fingerprint density at radius 1 is 1.05 bits per heavy atom. The van der Waals surface area contributed by atoms with Gasteiger partial charge >= 0.3 is 6.18 Å². The molecule has 7 heteroatoms. The van der Waals surface area contributed by atoms with Crippen LogP contribution in [0.1, 0.15) is 0 Å². The zero-order valence-electron chi connectivity index (χ0n) is 11.4. The molecular weight excluding hydrogens is 257 g/mol. The Balaban J connectivity index is 1.80. The highest BCUT2D eigenvalue weighted by molar-refractivity contribution is 4.86. The molecule has 0 spiro atoms. The molecule has 0 aromatic rings. The van der Waals surface area contributed by atoms with Crippen molar-refractivity contribution >= 4 is 0 Å². The molecule has 4 nitrogen and oxygen atoms in total. The highest BCUT2D eigenvalue weighted by atomic mass is 19.4. The van der Waals surface area contributed by atoms with Crippen LogP contribution in [0.5, 0.6) is 0 Å². The van der Waals surface area contributed by atoms with E-state index in [-0.39, 0.29) is 6.54 Å². The minimum absolute atomic E-state index is 0.0201. The Morgan fingerprint density at radius 2 is 1.74 bits per heavy atom. The summed E-state index contributed by atoms with van der Waals surface area (Å²) in [4.78, 5) is 6.09. The van der Waals surface area contributed by atoms with E-state index in [9.17, 15) is 13.2 Å². The average Bonchev–Trinajstić information content (AvgIpc) is 2.37. The maximum atomic E-state index is 12.9. The number of likely N-dealkylation sites (N-methyl/N-ethyl adjacent to an activating group) is 1. The molecule has 2 aliphatic rings. The second-order valence-electron chi connectivity index (χ2n) is 5.44. The van der Waals surface area contributed by atoms with Crippen molar-refractivity contribution in [1.82, 2.24) is 20.0 Å². The zero-order chi connectivity index (χ0) is 13.9. The first-order valence-electron chi connectivity index (χ1n) is 6.89. The van der Waals surface area contributed by atoms with Crippen molar-refractivity contribution in [3.63, 3.8) is 0 Å². The Kier molecular flexibility index (Phi) is 5.05. The van der Waals surface area contributed by atoms with Gasteiger partial charge in [0.2, 0.25) is 0 Å². The van der Waals surface area contributed by atoms with Crippen molar-refractivity contribution in [2.24, 2.45) is 0 Å². The highest BCUT2D eigenvalue weighted by Gasteiger charge is 2.44. The molecule has 19 heavy (non-hydrogen) atoms. The van der Waals surface area contributed by atoms with Crippen LogP contribution in [0.3, 0.4) is 0 Å². The summed E-state index contributed by atoms with van der Waals surface area (Å²) >= 11 is 0. The molecule has 112 valence electrons. The van der Waals surface area contributed by atoms with Gasteiger partial charge in [0.05, 0.1) is 0 Å². The maximum absolute atomic E-state index is 12.9. The van der Waals surface area contributed by atoms with Crippen LogP contribution in [-0.4, -0.2) is 92.9 Å². The first-order valence-corrected chi connectivity index (χ1v) is 6.89. The largest absolute Gasteiger partial charge is 0.405 e. The fourth-order valence-corrected chi connectivity index (χ4v) is 2.68. The molecule has 0 aromatic heterocycles. The van der Waals surface area contributed by atoms with Crippen molar-refractivity contribution in [3.05, 3.63) is 0 Å². The van der Waals surface area contributed by atoms with Gasteiger partial charge in [0, 0.05) is 58.9 Å². The molecule has 2 fully saturated rings. The van der Waals surface area contributed by atoms with Crippen LogP contribution >= 0.6 is 0 Å². The van der Waals surface area contributed by atoms with E-state index in [0.717, 1.165) is 32.7 Å². The third-order valence-electron chi connectivity index (χ3n) is 4.03. The lowest BCUT2D eigenvalue weighted by molar-refractivity contribution is -0.187. The summed E-state index contributed by atoms with van der Waals surface area (Å²) in [6.07, 6.45) is -4.13. The Hall–Kier alpha value is -0.370. The van der Waals surface area contributed by atoms with Crippen LogP contribution in [0.25, 0.3) is 0 Å². The maximum Gasteiger partial charge on any atom is 0.405 e. The van der Waals surface area contributed by atoms with Crippen LogP contribution < -0.4 is 5.32 Å². The van der Waals surface area contributed by atoms with Gasteiger partial charge in [-0.2, -0.15) is 13.2 Å². The molecule has 2 saturated heterocycles. The number of hydrogen-bond acceptors (Lipinski definition) is 4. The molecule has 1 N–H and O–H groups in total. The lowest BCUT2D eigenvalue weighted by Crippen LogP contribution is -2.59. The Bertz CT molecular complexity index is 277. The SMILES string of the molecule is CN1CCN(CCN2CCNCC2C(F)(F)F)CC1. The third kappa shape index (κ3) is 4.30. The van der Waals surface area contributed by atoms with Gasteiger partial charge in [-0.15, -0.1) is 0 Å². The fourth-order valence-electron chi connectivity index (χ4n) is 2.68. The minimum Gasteiger partial charge on any atom is -0.314 e. The molecule has 2 heterocycles. The van der Waals surface area contributed by atoms with E-state index in [2.05, 4.69) is 22.2 Å². The van der Waals surface area contributed by atoms with E-state index in [4.69, 9.17) is 0 Å². The molecular formula is C12H23F3N4. The number of piperazine rings is 2. The molecule has 0 amide bonds. The van der Waals surface area contributed by atoms with Crippen LogP contribution in [-0.2, 0) is 0 Å². The second-order valence-corrected chi connectivity index (χ2v) is 5.44. The van der Waals surface area contributed by atoms with Crippen molar-refractivity contribution in [1.29, 1.82) is 0 Å². The Labute approximate surface area is 112 Å². The van der Waals surface area contributed by atoms with E-state index in [0.29, 0.717) is 19.6 Å². The van der Waals surface area contributed by atoms with Crippen LogP contribution in [0, 0.1) is 0 Å². The quantitative estimate of drug-likeness (QED) is 0.790. The van der Waals surface area contributed by atoms with Gasteiger partial charge in [0.1, 0.15) is 6.04 Å². The lowest BCUT2D eigenvalue weighted by atomic mass is 10.2. The van der Waals surface area contributed by atoms with E-state index < -0.39 is 12.2 Å². The number of nitrogens with one attached hydrogen (secondary N) is 1. The fraction of sp³-hybridized carbons (Fsp3) is 1.00. The molecule has 0 saturated carbocycles. The zero-order valence-corrected chi connectivity index (χ0v) is 11.4. The van der Waals surface area contributed by atoms with E-state index in [1.807, 2.05) is 0 Å². The average molecular weight is 280 g/mol. The summed E-state index contributed by atoms with van der Waals surface area (Å²) in [7, 11) is 2.08. The number of hydrogen-bond donors (Lipinski definition) is 1. The summed E-state index contributed by atoms with van der Waals surface area (Å²) < 4.78 is 38.7. The van der Waals surface area contributed by atoms with Crippen molar-refractivity contribution in [2.75, 3.05) is 66.0 Å². The predicted octanol–water partition coefficient (Wildman–Crippen LogP) is 0.0699. The second kappa shape index (κ2) is 6.39. The lowest BCUT2D eigenvalue weighted by Gasteiger charge is -2.39. The molecule has 0 radical (unpaired) electrons. The van der Waals surface area contributed by atoms with Gasteiger partial charge in [0.25, 0.3) is 0 Å². The third-order valence-corrected chi connectivity index (χ3v) is 4.03. The number of rotatable bonds is 3. The number of halogens is 3. The molecule has 0 bridgehead atoms. The molecule has 2 aliphatic heterocycles. The van der Waals surface area contributed by atoms with E-state index in [1.54, 1.807) is 4.90 Å². The normalized spacial score (nSPS) is 28.7. The highest BCUT2D eigenvalue weighted by Crippen LogP contribution is 2.25. The molecule has 0 aliphatic carbocycles. The molecule has 2 rings (SSSR count). The van der Waals surface area contributed by atoms with Crippen molar-refractivity contribution < 1.29 is 13.2 Å². The van der Waals surface area contributed by atoms with E-state index >= 15 is 0 Å². The summed E-state index contributed by atoms with van der Waals surface area (Å²) in [5, 5.41) is 2.83. The minimum atomic E-state index is -4.13. The first kappa shape index (κ1) is 15.0. The monoisotopic (exact) mass is 280 g/mol. The van der Waals surface area contributed by atoms with Gasteiger partial charge < -0.3 is 10.2 Å². The van der Waals surface area contributed by atoms with Crippen LogP contribution in [0.4, 0.5) is 13.2 Å². The summed E-state index contributed by atoms with van der Waals surface area (Å²) in [6.45, 7) is 6.32. The first-order chi connectivity index (χ1) is 8.97. The summed E-state index contributed by atoms with van der Waals surface area (Å²) in [5.74, 6) is 0. The van der Waals surface area contributed by atoms with Crippen LogP contribution in [0.2, 0.25) is 0 Å². The van der Waals surface area contributed by atoms with Gasteiger partial charge in [-0.25, -0.2) is 0 Å². The smallest absolute Gasteiger partial charge is 0.314 e. The predicted molar refractivity (Wildman–Crippen MR) is 68.2 cm³/mol. The van der Waals surface area contributed by atoms with Crippen molar-refractivity contribution in [2.45, 2.75) is 12.2 Å². The molecule has 0 aromatic carbocycles. The topological polar surface area (TPSA) is 21.8 Å². The standard InChI is InChI=1S/C12H23F3N4/c1-17-4-6-18(7-5-17)8-9-19-3-2-16-10-11(19)12(13,14)15/h11,16H,2-10H2,1H3. The number of alkyl halides is 3. The van der Waals surface area contributed by atoms with Gasteiger partial charge in [0.15, 0.2) is 0 Å². The number of nitrogens with zero attached hydrogens (tertiary/aromatic N) is 3. The van der Waals surface area contributed by atoms with Gasteiger partial charge in [-0.05, 0) is 7.05 Å². The van der Waals surface area contributed by atoms with Gasteiger partial charge in [-0.3, -0.25) is 9.80 Å². The molecule has 1 atom stereocenters.